The Morgan fingerprint density at radius 3 is 2.93 bits per heavy atom. The summed E-state index contributed by atoms with van der Waals surface area (Å²) in [5.41, 5.74) is 5.65. The molecule has 7 nitrogen and oxygen atoms in total. The van der Waals surface area contributed by atoms with E-state index in [1.807, 2.05) is 6.92 Å². The first-order valence-electron chi connectivity index (χ1n) is 4.94. The second-order valence-corrected chi connectivity index (χ2v) is 3.40. The highest BCUT2D eigenvalue weighted by Crippen LogP contribution is 2.04. The number of aromatic nitrogens is 4. The van der Waals surface area contributed by atoms with Crippen LogP contribution in [-0.2, 0) is 4.79 Å². The van der Waals surface area contributed by atoms with E-state index in [0.717, 1.165) is 6.42 Å². The van der Waals surface area contributed by atoms with Crippen molar-refractivity contribution in [3.05, 3.63) is 5.82 Å². The zero-order valence-corrected chi connectivity index (χ0v) is 8.90. The average molecular weight is 212 g/mol. The molecule has 1 rings (SSSR count). The van der Waals surface area contributed by atoms with Crippen LogP contribution >= 0.6 is 0 Å². The van der Waals surface area contributed by atoms with Gasteiger partial charge in [0.1, 0.15) is 0 Å². The van der Waals surface area contributed by atoms with Crippen molar-refractivity contribution in [1.29, 1.82) is 0 Å². The van der Waals surface area contributed by atoms with Gasteiger partial charge >= 0.3 is 0 Å². The number of amides is 1. The van der Waals surface area contributed by atoms with E-state index < -0.39 is 6.04 Å². The van der Waals surface area contributed by atoms with Crippen LogP contribution in [0.2, 0.25) is 0 Å². The summed E-state index contributed by atoms with van der Waals surface area (Å²) in [6.45, 7) is 3.76. The standard InChI is InChI=1S/C8H16N6O/c1-3-4-6(9)8(15)10-5(2)7-11-13-14-12-7/h5-6H,3-4,9H2,1-2H3,(H,10,15)(H,11,12,13,14)/t5?,6-/m1/s1. The fourth-order valence-electron chi connectivity index (χ4n) is 1.18. The van der Waals surface area contributed by atoms with E-state index in [1.54, 1.807) is 6.92 Å². The molecule has 0 fully saturated rings. The lowest BCUT2D eigenvalue weighted by atomic mass is 10.1. The van der Waals surface area contributed by atoms with E-state index >= 15 is 0 Å². The summed E-state index contributed by atoms with van der Waals surface area (Å²) in [5.74, 6) is 0.265. The lowest BCUT2D eigenvalue weighted by molar-refractivity contribution is -0.123. The van der Waals surface area contributed by atoms with Crippen LogP contribution in [0.25, 0.3) is 0 Å². The molecule has 1 aromatic rings. The molecule has 2 atom stereocenters. The molecule has 1 unspecified atom stereocenters. The van der Waals surface area contributed by atoms with Crippen molar-refractivity contribution in [2.45, 2.75) is 38.8 Å². The molecule has 15 heavy (non-hydrogen) atoms. The molecule has 0 bridgehead atoms. The van der Waals surface area contributed by atoms with Gasteiger partial charge in [0.2, 0.25) is 5.91 Å². The zero-order valence-electron chi connectivity index (χ0n) is 8.90. The molecule has 0 aliphatic carbocycles. The Labute approximate surface area is 87.8 Å². The topological polar surface area (TPSA) is 110 Å². The molecule has 0 saturated carbocycles. The summed E-state index contributed by atoms with van der Waals surface area (Å²) in [4.78, 5) is 11.5. The Morgan fingerprint density at radius 1 is 1.67 bits per heavy atom. The van der Waals surface area contributed by atoms with Crippen LogP contribution in [0.1, 0.15) is 38.6 Å². The highest BCUT2D eigenvalue weighted by Gasteiger charge is 2.17. The van der Waals surface area contributed by atoms with E-state index in [9.17, 15) is 4.79 Å². The molecule has 4 N–H and O–H groups in total. The van der Waals surface area contributed by atoms with E-state index in [-0.39, 0.29) is 11.9 Å². The van der Waals surface area contributed by atoms with Crippen molar-refractivity contribution in [1.82, 2.24) is 25.9 Å². The Hall–Kier alpha value is -1.50. The van der Waals surface area contributed by atoms with Gasteiger partial charge in [0.05, 0.1) is 12.1 Å². The summed E-state index contributed by atoms with van der Waals surface area (Å²) >= 11 is 0. The molecule has 7 heteroatoms. The minimum atomic E-state index is -0.468. The Balaban J connectivity index is 2.44. The summed E-state index contributed by atoms with van der Waals surface area (Å²) < 4.78 is 0. The number of hydrogen-bond acceptors (Lipinski definition) is 5. The predicted octanol–water partition coefficient (Wildman–Crippen LogP) is -0.496. The Morgan fingerprint density at radius 2 is 2.40 bits per heavy atom. The van der Waals surface area contributed by atoms with Gasteiger partial charge in [-0.3, -0.25) is 4.79 Å². The first-order chi connectivity index (χ1) is 7.15. The van der Waals surface area contributed by atoms with Gasteiger partial charge in [-0.05, 0) is 13.3 Å². The number of hydrogen-bond donors (Lipinski definition) is 3. The quantitative estimate of drug-likeness (QED) is 0.609. The SMILES string of the molecule is CCC[C@@H](N)C(=O)NC(C)c1nn[nH]n1. The number of H-pyrrole nitrogens is 1. The van der Waals surface area contributed by atoms with Gasteiger partial charge in [-0.1, -0.05) is 18.6 Å². The van der Waals surface area contributed by atoms with Gasteiger partial charge in [-0.2, -0.15) is 5.21 Å². The first kappa shape index (κ1) is 11.6. The molecule has 0 aliphatic rings. The lowest BCUT2D eigenvalue weighted by Crippen LogP contribution is -2.41. The van der Waals surface area contributed by atoms with Crippen molar-refractivity contribution in [2.75, 3.05) is 0 Å². The smallest absolute Gasteiger partial charge is 0.237 e. The monoisotopic (exact) mass is 212 g/mol. The number of tetrazole rings is 1. The molecule has 0 aliphatic heterocycles. The molecule has 0 radical (unpaired) electrons. The Kier molecular flexibility index (Phi) is 4.17. The van der Waals surface area contributed by atoms with E-state index in [0.29, 0.717) is 12.2 Å². The molecule has 1 aromatic heterocycles. The number of aromatic amines is 1. The number of nitrogens with one attached hydrogen (secondary N) is 2. The molecule has 0 saturated heterocycles. The van der Waals surface area contributed by atoms with Crippen molar-refractivity contribution < 1.29 is 4.79 Å². The van der Waals surface area contributed by atoms with Crippen LogP contribution in [0.15, 0.2) is 0 Å². The van der Waals surface area contributed by atoms with Gasteiger partial charge in [0.25, 0.3) is 0 Å². The second kappa shape index (κ2) is 5.40. The van der Waals surface area contributed by atoms with Crippen molar-refractivity contribution in [2.24, 2.45) is 5.73 Å². The molecular formula is C8H16N6O. The van der Waals surface area contributed by atoms with Crippen LogP contribution in [0.5, 0.6) is 0 Å². The predicted molar refractivity (Wildman–Crippen MR) is 53.6 cm³/mol. The fourth-order valence-corrected chi connectivity index (χ4v) is 1.18. The highest BCUT2D eigenvalue weighted by molar-refractivity contribution is 5.81. The fraction of sp³-hybridized carbons (Fsp3) is 0.750. The van der Waals surface area contributed by atoms with Gasteiger partial charge in [0, 0.05) is 0 Å². The minimum absolute atomic E-state index is 0.186. The molecule has 0 spiro atoms. The van der Waals surface area contributed by atoms with Crippen LogP contribution in [-0.4, -0.2) is 32.6 Å². The Bertz CT molecular complexity index is 298. The summed E-state index contributed by atoms with van der Waals surface area (Å²) in [6, 6.07) is -0.747. The van der Waals surface area contributed by atoms with Crippen molar-refractivity contribution in [3.63, 3.8) is 0 Å². The van der Waals surface area contributed by atoms with Gasteiger partial charge < -0.3 is 11.1 Å². The maximum Gasteiger partial charge on any atom is 0.237 e. The number of nitrogens with two attached hydrogens (primary N) is 1. The maximum absolute atomic E-state index is 11.5. The largest absolute Gasteiger partial charge is 0.345 e. The normalized spacial score (nSPS) is 14.6. The lowest BCUT2D eigenvalue weighted by Gasteiger charge is -2.14. The molecule has 1 heterocycles. The van der Waals surface area contributed by atoms with Crippen molar-refractivity contribution >= 4 is 5.91 Å². The number of rotatable bonds is 5. The molecular weight excluding hydrogens is 196 g/mol. The third kappa shape index (κ3) is 3.28. The third-order valence-corrected chi connectivity index (χ3v) is 2.04. The van der Waals surface area contributed by atoms with Crippen LogP contribution in [0.4, 0.5) is 0 Å². The highest BCUT2D eigenvalue weighted by atomic mass is 16.2. The maximum atomic E-state index is 11.5. The summed E-state index contributed by atoms with van der Waals surface area (Å²) in [7, 11) is 0. The van der Waals surface area contributed by atoms with E-state index in [4.69, 9.17) is 5.73 Å². The van der Waals surface area contributed by atoms with Gasteiger partial charge in [-0.25, -0.2) is 0 Å². The van der Waals surface area contributed by atoms with Crippen LogP contribution < -0.4 is 11.1 Å². The zero-order chi connectivity index (χ0) is 11.3. The number of carbonyl (C=O) groups excluding carboxylic acids is 1. The first-order valence-corrected chi connectivity index (χ1v) is 4.94. The second-order valence-electron chi connectivity index (χ2n) is 3.40. The summed E-state index contributed by atoms with van der Waals surface area (Å²) in [5, 5.41) is 16.0. The van der Waals surface area contributed by atoms with Crippen molar-refractivity contribution in [3.8, 4) is 0 Å². The number of carbonyl (C=O) groups is 1. The molecule has 84 valence electrons. The average Bonchev–Trinajstić information content (AvgIpc) is 2.70. The summed E-state index contributed by atoms with van der Waals surface area (Å²) in [6.07, 6.45) is 1.55. The van der Waals surface area contributed by atoms with E-state index in [2.05, 4.69) is 25.9 Å². The molecule has 0 aromatic carbocycles. The third-order valence-electron chi connectivity index (χ3n) is 2.04. The van der Waals surface area contributed by atoms with Gasteiger partial charge in [-0.15, -0.1) is 10.2 Å². The van der Waals surface area contributed by atoms with Crippen LogP contribution in [0, 0.1) is 0 Å². The van der Waals surface area contributed by atoms with E-state index in [1.165, 1.54) is 0 Å². The molecule has 1 amide bonds. The van der Waals surface area contributed by atoms with Gasteiger partial charge in [0.15, 0.2) is 5.82 Å². The van der Waals surface area contributed by atoms with Crippen LogP contribution in [0.3, 0.4) is 0 Å². The number of nitrogens with zero attached hydrogens (tertiary/aromatic N) is 3. The minimum Gasteiger partial charge on any atom is -0.345 e.